The lowest BCUT2D eigenvalue weighted by Crippen LogP contribution is -2.50. The number of carbonyl (C=O) groups is 2. The van der Waals surface area contributed by atoms with E-state index < -0.39 is 5.41 Å². The summed E-state index contributed by atoms with van der Waals surface area (Å²) in [5.41, 5.74) is 0.107. The average Bonchev–Trinajstić information content (AvgIpc) is 3.02. The van der Waals surface area contributed by atoms with Crippen molar-refractivity contribution >= 4 is 39.2 Å². The number of carbonyl (C=O) groups excluding carboxylic acids is 2. The normalized spacial score (nSPS) is 21.2. The van der Waals surface area contributed by atoms with Crippen molar-refractivity contribution in [2.75, 3.05) is 10.2 Å². The molecule has 4 rings (SSSR count). The van der Waals surface area contributed by atoms with Crippen molar-refractivity contribution in [3.05, 3.63) is 44.2 Å². The first-order valence-electron chi connectivity index (χ1n) is 8.97. The number of benzene rings is 1. The maximum Gasteiger partial charge on any atom is 0.270 e. The van der Waals surface area contributed by atoms with Crippen LogP contribution in [0.5, 0.6) is 0 Å². The standard InChI is InChI=1S/C19H21BrN4O3/c1-9(2)23-13-6-5-11(20)7-12(13)19(18(23)27)8-14(25)21-16-15(19)17(26)22-24(16)10(3)4/h5-7,9-10H,8H2,1-4H3,(H,21,25)(H,22,26)/t19-/m0/s1. The number of fused-ring (bicyclic) bond motifs is 4. The number of aromatic amines is 1. The molecule has 3 heterocycles. The molecule has 0 aliphatic carbocycles. The van der Waals surface area contributed by atoms with Crippen LogP contribution in [0.1, 0.15) is 51.3 Å². The van der Waals surface area contributed by atoms with Crippen molar-refractivity contribution in [1.29, 1.82) is 0 Å². The van der Waals surface area contributed by atoms with E-state index in [0.29, 0.717) is 16.9 Å². The summed E-state index contributed by atoms with van der Waals surface area (Å²) in [6.07, 6.45) is -0.0866. The van der Waals surface area contributed by atoms with E-state index in [0.717, 1.165) is 10.2 Å². The van der Waals surface area contributed by atoms with Gasteiger partial charge in [0.05, 0.1) is 12.0 Å². The summed E-state index contributed by atoms with van der Waals surface area (Å²) in [5, 5.41) is 5.60. The average molecular weight is 433 g/mol. The second-order valence-electron chi connectivity index (χ2n) is 7.69. The Morgan fingerprint density at radius 1 is 1.11 bits per heavy atom. The van der Waals surface area contributed by atoms with Gasteiger partial charge in [-0.3, -0.25) is 24.2 Å². The number of amides is 2. The van der Waals surface area contributed by atoms with Crippen LogP contribution in [0, 0.1) is 0 Å². The Morgan fingerprint density at radius 2 is 1.81 bits per heavy atom. The summed E-state index contributed by atoms with van der Waals surface area (Å²) >= 11 is 3.47. The summed E-state index contributed by atoms with van der Waals surface area (Å²) in [5.74, 6) is -0.120. The van der Waals surface area contributed by atoms with Gasteiger partial charge in [-0.05, 0) is 51.5 Å². The Bertz CT molecular complexity index is 1040. The fourth-order valence-electron chi connectivity index (χ4n) is 4.28. The van der Waals surface area contributed by atoms with Gasteiger partial charge in [0.2, 0.25) is 11.8 Å². The van der Waals surface area contributed by atoms with Crippen molar-refractivity contribution in [1.82, 2.24) is 9.78 Å². The highest BCUT2D eigenvalue weighted by Gasteiger charge is 2.58. The number of H-pyrrole nitrogens is 1. The minimum Gasteiger partial charge on any atom is -0.311 e. The lowest BCUT2D eigenvalue weighted by atomic mass is 9.71. The molecule has 2 aliphatic rings. The van der Waals surface area contributed by atoms with Crippen molar-refractivity contribution in [3.63, 3.8) is 0 Å². The number of aromatic nitrogens is 2. The molecule has 0 unspecified atom stereocenters. The number of anilines is 2. The molecule has 1 aromatic carbocycles. The first kappa shape index (κ1) is 18.0. The second-order valence-corrected chi connectivity index (χ2v) is 8.60. The lowest BCUT2D eigenvalue weighted by molar-refractivity contribution is -0.127. The van der Waals surface area contributed by atoms with Crippen LogP contribution in [-0.2, 0) is 15.0 Å². The highest BCUT2D eigenvalue weighted by atomic mass is 79.9. The predicted octanol–water partition coefficient (Wildman–Crippen LogP) is 2.90. The third kappa shape index (κ3) is 2.29. The molecule has 1 spiro atoms. The molecule has 1 atom stereocenters. The van der Waals surface area contributed by atoms with Crippen LogP contribution in [0.25, 0.3) is 0 Å². The van der Waals surface area contributed by atoms with Crippen molar-refractivity contribution in [3.8, 4) is 0 Å². The zero-order valence-corrected chi connectivity index (χ0v) is 17.2. The quantitative estimate of drug-likeness (QED) is 0.764. The van der Waals surface area contributed by atoms with Crippen LogP contribution < -0.4 is 15.8 Å². The predicted molar refractivity (Wildman–Crippen MR) is 106 cm³/mol. The van der Waals surface area contributed by atoms with Crippen molar-refractivity contribution in [2.45, 2.75) is 51.6 Å². The summed E-state index contributed by atoms with van der Waals surface area (Å²) in [6.45, 7) is 7.67. The first-order chi connectivity index (χ1) is 12.7. The van der Waals surface area contributed by atoms with Crippen LogP contribution in [0.15, 0.2) is 27.5 Å². The minimum absolute atomic E-state index is 0.0726. The molecule has 0 bridgehead atoms. The lowest BCUT2D eigenvalue weighted by Gasteiger charge is -2.33. The second kappa shape index (κ2) is 5.82. The maximum atomic E-state index is 13.7. The highest BCUT2D eigenvalue weighted by Crippen LogP contribution is 2.52. The molecular weight excluding hydrogens is 412 g/mol. The molecule has 0 saturated carbocycles. The van der Waals surface area contributed by atoms with E-state index in [4.69, 9.17) is 0 Å². The maximum absolute atomic E-state index is 13.7. The van der Waals surface area contributed by atoms with Crippen LogP contribution >= 0.6 is 15.9 Å². The largest absolute Gasteiger partial charge is 0.311 e. The third-order valence-electron chi connectivity index (χ3n) is 5.33. The fourth-order valence-corrected chi connectivity index (χ4v) is 4.64. The molecule has 0 radical (unpaired) electrons. The van der Waals surface area contributed by atoms with Crippen LogP contribution in [-0.4, -0.2) is 27.6 Å². The molecule has 142 valence electrons. The summed E-state index contributed by atoms with van der Waals surface area (Å²) < 4.78 is 2.42. The zero-order chi connectivity index (χ0) is 19.7. The molecule has 8 heteroatoms. The van der Waals surface area contributed by atoms with E-state index in [9.17, 15) is 14.4 Å². The van der Waals surface area contributed by atoms with Crippen molar-refractivity contribution < 1.29 is 9.59 Å². The minimum atomic E-state index is -1.31. The molecule has 7 nitrogen and oxygen atoms in total. The van der Waals surface area contributed by atoms with Gasteiger partial charge in [0, 0.05) is 22.2 Å². The summed E-state index contributed by atoms with van der Waals surface area (Å²) in [7, 11) is 0. The number of rotatable bonds is 2. The topological polar surface area (TPSA) is 87.2 Å². The van der Waals surface area contributed by atoms with Gasteiger partial charge in [-0.25, -0.2) is 0 Å². The molecule has 2 aliphatic heterocycles. The number of nitrogens with zero attached hydrogens (tertiary/aromatic N) is 2. The third-order valence-corrected chi connectivity index (χ3v) is 5.82. The fraction of sp³-hybridized carbons (Fsp3) is 0.421. The smallest absolute Gasteiger partial charge is 0.270 e. The summed E-state index contributed by atoms with van der Waals surface area (Å²) in [6, 6.07) is 5.41. The van der Waals surface area contributed by atoms with Crippen LogP contribution in [0.2, 0.25) is 0 Å². The molecule has 1 aromatic heterocycles. The number of hydrogen-bond donors (Lipinski definition) is 2. The molecule has 2 aromatic rings. The van der Waals surface area contributed by atoms with Crippen LogP contribution in [0.4, 0.5) is 11.5 Å². The van der Waals surface area contributed by atoms with E-state index in [1.54, 1.807) is 9.58 Å². The SMILES string of the molecule is CC(C)N1C(=O)[C@@]2(CC(=O)Nc3c2c(=O)[nH]n3C(C)C)c2cc(Br)ccc21. The summed E-state index contributed by atoms with van der Waals surface area (Å²) in [4.78, 5) is 41.0. The van der Waals surface area contributed by atoms with E-state index >= 15 is 0 Å². The van der Waals surface area contributed by atoms with E-state index in [1.165, 1.54) is 0 Å². The van der Waals surface area contributed by atoms with Crippen molar-refractivity contribution in [2.24, 2.45) is 0 Å². The van der Waals surface area contributed by atoms with Gasteiger partial charge in [0.25, 0.3) is 5.56 Å². The van der Waals surface area contributed by atoms with Gasteiger partial charge < -0.3 is 10.2 Å². The van der Waals surface area contributed by atoms with Gasteiger partial charge in [0.1, 0.15) is 11.2 Å². The highest BCUT2D eigenvalue weighted by molar-refractivity contribution is 9.10. The number of halogens is 1. The van der Waals surface area contributed by atoms with E-state index in [-0.39, 0.29) is 35.9 Å². The molecule has 0 fully saturated rings. The van der Waals surface area contributed by atoms with Gasteiger partial charge in [0.15, 0.2) is 0 Å². The Labute approximate surface area is 164 Å². The van der Waals surface area contributed by atoms with E-state index in [1.807, 2.05) is 45.9 Å². The Hall–Kier alpha value is -2.35. The number of nitrogens with one attached hydrogen (secondary N) is 2. The molecule has 2 N–H and O–H groups in total. The first-order valence-corrected chi connectivity index (χ1v) is 9.76. The molecule has 2 amide bonds. The Balaban J connectivity index is 2.11. The number of hydrogen-bond acceptors (Lipinski definition) is 3. The van der Waals surface area contributed by atoms with Crippen LogP contribution in [0.3, 0.4) is 0 Å². The van der Waals surface area contributed by atoms with Gasteiger partial charge in [-0.1, -0.05) is 15.9 Å². The van der Waals surface area contributed by atoms with E-state index in [2.05, 4.69) is 26.3 Å². The van der Waals surface area contributed by atoms with Gasteiger partial charge >= 0.3 is 0 Å². The molecule has 0 saturated heterocycles. The van der Waals surface area contributed by atoms with Gasteiger partial charge in [-0.2, -0.15) is 0 Å². The Morgan fingerprint density at radius 3 is 2.44 bits per heavy atom. The molecule has 27 heavy (non-hydrogen) atoms. The molecular formula is C19H21BrN4O3. The van der Waals surface area contributed by atoms with Gasteiger partial charge in [-0.15, -0.1) is 0 Å². The zero-order valence-electron chi connectivity index (χ0n) is 15.6. The monoisotopic (exact) mass is 432 g/mol. The Kier molecular flexibility index (Phi) is 3.89.